The smallest absolute Gasteiger partial charge is 0.178 e. The minimum absolute atomic E-state index is 0.135. The fourth-order valence-electron chi connectivity index (χ4n) is 2.63. The van der Waals surface area contributed by atoms with Gasteiger partial charge in [-0.05, 0) is 78.4 Å². The fraction of sp³-hybridized carbons (Fsp3) is 0.300. The number of nitriles is 1. The highest BCUT2D eigenvalue weighted by Gasteiger charge is 2.25. The van der Waals surface area contributed by atoms with E-state index in [2.05, 4.69) is 57.5 Å². The summed E-state index contributed by atoms with van der Waals surface area (Å²) in [5, 5.41) is 9.39. The van der Waals surface area contributed by atoms with Crippen LogP contribution in [0.4, 0.5) is 0 Å². The Hall–Kier alpha value is -1.87. The van der Waals surface area contributed by atoms with E-state index < -0.39 is 5.41 Å². The number of Topliss-reactive ketones (excluding diaryl/α,β-unsaturated/α-hetero) is 1. The van der Waals surface area contributed by atoms with Crippen LogP contribution in [0.5, 0.6) is 0 Å². The van der Waals surface area contributed by atoms with Crippen LogP contribution in [-0.2, 0) is 4.79 Å². The van der Waals surface area contributed by atoms with Crippen molar-refractivity contribution in [2.75, 3.05) is 0 Å². The van der Waals surface area contributed by atoms with Gasteiger partial charge < -0.3 is 4.57 Å². The van der Waals surface area contributed by atoms with Crippen molar-refractivity contribution in [1.82, 2.24) is 4.57 Å². The van der Waals surface area contributed by atoms with E-state index in [1.165, 1.54) is 3.57 Å². The summed E-state index contributed by atoms with van der Waals surface area (Å²) < 4.78 is 3.32. The Balaban J connectivity index is 2.52. The zero-order valence-electron chi connectivity index (χ0n) is 14.6. The van der Waals surface area contributed by atoms with Crippen LogP contribution in [0.1, 0.15) is 37.7 Å². The van der Waals surface area contributed by atoms with Gasteiger partial charge in [-0.25, -0.2) is 0 Å². The maximum absolute atomic E-state index is 12.4. The Morgan fingerprint density at radius 1 is 1.21 bits per heavy atom. The molecule has 2 aromatic rings. The van der Waals surface area contributed by atoms with Gasteiger partial charge in [-0.3, -0.25) is 4.79 Å². The van der Waals surface area contributed by atoms with Gasteiger partial charge in [0.15, 0.2) is 5.78 Å². The van der Waals surface area contributed by atoms with Gasteiger partial charge >= 0.3 is 0 Å². The van der Waals surface area contributed by atoms with E-state index in [1.807, 2.05) is 40.7 Å². The first-order chi connectivity index (χ1) is 11.1. The lowest BCUT2D eigenvalue weighted by molar-refractivity contribution is -0.121. The topological polar surface area (TPSA) is 45.8 Å². The number of halogens is 1. The summed E-state index contributed by atoms with van der Waals surface area (Å²) in [5.74, 6) is -0.135. The number of rotatable bonds is 3. The lowest BCUT2D eigenvalue weighted by Gasteiger charge is -2.15. The molecule has 0 amide bonds. The number of hydrogen-bond acceptors (Lipinski definition) is 2. The molecule has 1 aromatic carbocycles. The number of aromatic nitrogens is 1. The summed E-state index contributed by atoms with van der Waals surface area (Å²) >= 11 is 2.28. The van der Waals surface area contributed by atoms with Crippen LogP contribution in [0.15, 0.2) is 35.9 Å². The summed E-state index contributed by atoms with van der Waals surface area (Å²) in [7, 11) is 0. The number of benzene rings is 1. The number of aryl methyl sites for hydroxylation is 1. The first-order valence-corrected chi connectivity index (χ1v) is 8.84. The fourth-order valence-corrected chi connectivity index (χ4v) is 2.99. The Labute approximate surface area is 157 Å². The molecule has 0 fully saturated rings. The molecule has 4 heteroatoms. The quantitative estimate of drug-likeness (QED) is 0.379. The van der Waals surface area contributed by atoms with Crippen LogP contribution in [0.2, 0.25) is 0 Å². The second-order valence-corrected chi connectivity index (χ2v) is 8.13. The Bertz CT molecular complexity index is 843. The van der Waals surface area contributed by atoms with Gasteiger partial charge in [0.05, 0.1) is 5.57 Å². The molecule has 0 bridgehead atoms. The molecule has 2 rings (SSSR count). The number of carbonyl (C=O) groups excluding carboxylic acids is 1. The van der Waals surface area contributed by atoms with E-state index in [9.17, 15) is 10.1 Å². The molecule has 0 spiro atoms. The summed E-state index contributed by atoms with van der Waals surface area (Å²) in [4.78, 5) is 12.4. The molecule has 0 N–H and O–H groups in total. The highest BCUT2D eigenvalue weighted by molar-refractivity contribution is 14.1. The molecule has 0 unspecified atom stereocenters. The molecule has 0 radical (unpaired) electrons. The maximum atomic E-state index is 12.4. The van der Waals surface area contributed by atoms with Gasteiger partial charge in [0.1, 0.15) is 6.07 Å². The summed E-state index contributed by atoms with van der Waals surface area (Å²) in [6.45, 7) is 9.52. The zero-order valence-corrected chi connectivity index (χ0v) is 16.8. The number of carbonyl (C=O) groups is 1. The van der Waals surface area contributed by atoms with Crippen molar-refractivity contribution >= 4 is 34.5 Å². The Kier molecular flexibility index (Phi) is 5.34. The van der Waals surface area contributed by atoms with Crippen molar-refractivity contribution in [1.29, 1.82) is 5.26 Å². The molecule has 124 valence electrons. The largest absolute Gasteiger partial charge is 0.318 e. The maximum Gasteiger partial charge on any atom is 0.178 e. The lowest BCUT2D eigenvalue weighted by atomic mass is 9.86. The van der Waals surface area contributed by atoms with Crippen molar-refractivity contribution in [2.24, 2.45) is 5.41 Å². The summed E-state index contributed by atoms with van der Waals surface area (Å²) in [5.41, 5.74) is 3.70. The van der Waals surface area contributed by atoms with Crippen LogP contribution in [0, 0.1) is 34.2 Å². The molecule has 0 saturated heterocycles. The minimum Gasteiger partial charge on any atom is -0.318 e. The predicted molar refractivity (Wildman–Crippen MR) is 106 cm³/mol. The molecule has 0 atom stereocenters. The zero-order chi connectivity index (χ0) is 18.1. The van der Waals surface area contributed by atoms with E-state index in [1.54, 1.807) is 6.08 Å². The van der Waals surface area contributed by atoms with Gasteiger partial charge in [0, 0.05) is 26.1 Å². The van der Waals surface area contributed by atoms with Crippen molar-refractivity contribution in [3.63, 3.8) is 0 Å². The van der Waals surface area contributed by atoms with Crippen LogP contribution in [-0.4, -0.2) is 10.4 Å². The molecule has 0 saturated carbocycles. The van der Waals surface area contributed by atoms with Crippen LogP contribution < -0.4 is 0 Å². The van der Waals surface area contributed by atoms with Crippen LogP contribution in [0.25, 0.3) is 11.8 Å². The number of ketones is 1. The van der Waals surface area contributed by atoms with Crippen molar-refractivity contribution in [3.8, 4) is 11.8 Å². The molecule has 1 heterocycles. The van der Waals surface area contributed by atoms with E-state index in [-0.39, 0.29) is 11.4 Å². The molecule has 3 nitrogen and oxygen atoms in total. The Morgan fingerprint density at radius 3 is 2.29 bits per heavy atom. The average molecular weight is 432 g/mol. The first kappa shape index (κ1) is 18.5. The van der Waals surface area contributed by atoms with E-state index in [4.69, 9.17) is 0 Å². The number of nitrogens with zero attached hydrogens (tertiary/aromatic N) is 2. The molecule has 1 aromatic heterocycles. The van der Waals surface area contributed by atoms with Gasteiger partial charge in [-0.1, -0.05) is 20.8 Å². The van der Waals surface area contributed by atoms with Crippen molar-refractivity contribution in [3.05, 3.63) is 56.4 Å². The molecular formula is C20H21IN2O. The van der Waals surface area contributed by atoms with Gasteiger partial charge in [-0.15, -0.1) is 0 Å². The van der Waals surface area contributed by atoms with Gasteiger partial charge in [0.2, 0.25) is 0 Å². The third-order valence-electron chi connectivity index (χ3n) is 3.90. The standard InChI is InChI=1S/C20H21IN2O/c1-13-10-15(11-16(12-22)19(24)20(3,4)5)14(2)23(13)18-8-6-17(21)7-9-18/h6-11H,1-5H3/b16-11+. The molecular weight excluding hydrogens is 411 g/mol. The normalized spacial score (nSPS) is 12.1. The SMILES string of the molecule is Cc1cc(/C=C(\C#N)C(=O)C(C)(C)C)c(C)n1-c1ccc(I)cc1. The molecule has 0 aliphatic heterocycles. The minimum atomic E-state index is -0.566. The molecule has 24 heavy (non-hydrogen) atoms. The number of hydrogen-bond donors (Lipinski definition) is 0. The average Bonchev–Trinajstić information content (AvgIpc) is 2.78. The summed E-state index contributed by atoms with van der Waals surface area (Å²) in [6.07, 6.45) is 1.71. The summed E-state index contributed by atoms with van der Waals surface area (Å²) in [6, 6.07) is 12.3. The highest BCUT2D eigenvalue weighted by Crippen LogP contribution is 2.26. The third-order valence-corrected chi connectivity index (χ3v) is 4.62. The van der Waals surface area contributed by atoms with Gasteiger partial charge in [-0.2, -0.15) is 5.26 Å². The van der Waals surface area contributed by atoms with Crippen LogP contribution in [0.3, 0.4) is 0 Å². The predicted octanol–water partition coefficient (Wildman–Crippen LogP) is 5.22. The van der Waals surface area contributed by atoms with Crippen molar-refractivity contribution < 1.29 is 4.79 Å². The molecule has 0 aliphatic rings. The van der Waals surface area contributed by atoms with E-state index in [0.29, 0.717) is 0 Å². The lowest BCUT2D eigenvalue weighted by Crippen LogP contribution is -2.21. The third kappa shape index (κ3) is 3.78. The van der Waals surface area contributed by atoms with Crippen molar-refractivity contribution in [2.45, 2.75) is 34.6 Å². The second kappa shape index (κ2) is 6.94. The van der Waals surface area contributed by atoms with E-state index >= 15 is 0 Å². The van der Waals surface area contributed by atoms with E-state index in [0.717, 1.165) is 22.6 Å². The highest BCUT2D eigenvalue weighted by atomic mass is 127. The number of allylic oxidation sites excluding steroid dienone is 1. The van der Waals surface area contributed by atoms with Crippen LogP contribution >= 0.6 is 22.6 Å². The second-order valence-electron chi connectivity index (χ2n) is 6.89. The Morgan fingerprint density at radius 2 is 1.79 bits per heavy atom. The van der Waals surface area contributed by atoms with Gasteiger partial charge in [0.25, 0.3) is 0 Å². The monoisotopic (exact) mass is 432 g/mol. The first-order valence-electron chi connectivity index (χ1n) is 7.76. The molecule has 0 aliphatic carbocycles.